The van der Waals surface area contributed by atoms with Gasteiger partial charge in [0.05, 0.1) is 47.4 Å². The van der Waals surface area contributed by atoms with Crippen molar-refractivity contribution in [1.82, 2.24) is 4.72 Å². The highest BCUT2D eigenvalue weighted by Crippen LogP contribution is 2.37. The summed E-state index contributed by atoms with van der Waals surface area (Å²) in [5, 5.41) is 11.4. The highest BCUT2D eigenvalue weighted by Gasteiger charge is 2.40. The summed E-state index contributed by atoms with van der Waals surface area (Å²) in [6.07, 6.45) is -15.8. The highest BCUT2D eigenvalue weighted by atomic mass is 32.2. The van der Waals surface area contributed by atoms with Crippen LogP contribution in [0.1, 0.15) is 11.1 Å². The molecule has 1 aliphatic heterocycles. The quantitative estimate of drug-likeness (QED) is 0.282. The predicted molar refractivity (Wildman–Crippen MR) is 140 cm³/mol. The molecular formula is C27H24F9N3O4S. The molecule has 1 heterocycles. The highest BCUT2D eigenvalue weighted by molar-refractivity contribution is 7.91. The molecule has 4 unspecified atom stereocenters. The Bertz CT molecular complexity index is 1480. The second-order valence-corrected chi connectivity index (χ2v) is 11.6. The monoisotopic (exact) mass is 657 g/mol. The van der Waals surface area contributed by atoms with Crippen LogP contribution in [0.5, 0.6) is 5.75 Å². The lowest BCUT2D eigenvalue weighted by molar-refractivity contribution is -0.274. The van der Waals surface area contributed by atoms with Crippen molar-refractivity contribution in [3.63, 3.8) is 0 Å². The molecule has 3 aromatic rings. The molecule has 0 bridgehead atoms. The Labute approximate surface area is 245 Å². The van der Waals surface area contributed by atoms with Crippen molar-refractivity contribution < 1.29 is 58.3 Å². The minimum Gasteiger partial charge on any atom is -0.406 e. The van der Waals surface area contributed by atoms with E-state index < -0.39 is 63.7 Å². The Morgan fingerprint density at radius 2 is 1.30 bits per heavy atom. The Kier molecular flexibility index (Phi) is 9.44. The zero-order valence-corrected chi connectivity index (χ0v) is 23.3. The van der Waals surface area contributed by atoms with E-state index in [9.17, 15) is 48.8 Å². The van der Waals surface area contributed by atoms with Crippen molar-refractivity contribution in [2.24, 2.45) is 4.36 Å². The fraction of sp³-hybridized carbons (Fsp3) is 0.333. The number of alkyl halides is 9. The van der Waals surface area contributed by atoms with E-state index in [4.69, 9.17) is 4.74 Å². The fourth-order valence-electron chi connectivity index (χ4n) is 4.52. The summed E-state index contributed by atoms with van der Waals surface area (Å²) in [6.45, 7) is -0.483. The Morgan fingerprint density at radius 3 is 1.70 bits per heavy atom. The van der Waals surface area contributed by atoms with Gasteiger partial charge in [-0.25, -0.2) is 13.3 Å². The Balaban J connectivity index is 1.66. The summed E-state index contributed by atoms with van der Waals surface area (Å²) in [5.74, 6) is -0.580. The number of aliphatic hydroxyl groups excluding tert-OH is 1. The lowest BCUT2D eigenvalue weighted by atomic mass is 9.98. The number of ether oxygens (including phenoxy) is 2. The molecule has 4 rings (SSSR count). The Morgan fingerprint density at radius 1 is 0.818 bits per heavy atom. The van der Waals surface area contributed by atoms with E-state index in [1.54, 1.807) is 0 Å². The first kappa shape index (κ1) is 33.4. The molecule has 0 radical (unpaired) electrons. The topological polar surface area (TPSA) is 83.4 Å². The molecule has 17 heteroatoms. The molecule has 0 amide bonds. The maximum atomic E-state index is 13.7. The number of nitrogens with zero attached hydrogens (tertiary/aromatic N) is 2. The van der Waals surface area contributed by atoms with E-state index in [2.05, 4.69) is 13.8 Å². The minimum atomic E-state index is -4.96. The average Bonchev–Trinajstić information content (AvgIpc) is 2.94. The number of aliphatic hydroxyl groups is 1. The molecule has 0 spiro atoms. The molecule has 0 saturated carbocycles. The summed E-state index contributed by atoms with van der Waals surface area (Å²) in [5.41, 5.74) is -1.81. The van der Waals surface area contributed by atoms with Gasteiger partial charge in [-0.1, -0.05) is 0 Å². The summed E-state index contributed by atoms with van der Waals surface area (Å²) >= 11 is 0. The van der Waals surface area contributed by atoms with Crippen molar-refractivity contribution in [2.75, 3.05) is 25.2 Å². The average molecular weight is 658 g/mol. The molecule has 2 N–H and O–H groups in total. The normalized spacial score (nSPS) is 20.9. The summed E-state index contributed by atoms with van der Waals surface area (Å²) in [7, 11) is -2.42. The SMILES string of the molecule is CN=S(=O)(NC1COCC(N(c2ccc(C(F)(F)F)cc2)c2ccc(C(F)(F)F)cc2)C1O)c1ccc(OC(F)(F)F)cc1. The number of hydrogen-bond acceptors (Lipinski definition) is 6. The fourth-order valence-corrected chi connectivity index (χ4v) is 6.10. The molecule has 1 aliphatic rings. The molecule has 3 aromatic carbocycles. The number of nitrogens with one attached hydrogen (secondary N) is 1. The van der Waals surface area contributed by atoms with E-state index in [0.717, 1.165) is 72.8 Å². The van der Waals surface area contributed by atoms with Crippen LogP contribution in [0.25, 0.3) is 0 Å². The van der Waals surface area contributed by atoms with Gasteiger partial charge in [0.1, 0.15) is 15.7 Å². The Hall–Kier alpha value is -3.54. The van der Waals surface area contributed by atoms with Crippen LogP contribution >= 0.6 is 0 Å². The van der Waals surface area contributed by atoms with Gasteiger partial charge < -0.3 is 19.5 Å². The smallest absolute Gasteiger partial charge is 0.406 e. The van der Waals surface area contributed by atoms with Crippen molar-refractivity contribution in [3.05, 3.63) is 83.9 Å². The number of halogens is 9. The van der Waals surface area contributed by atoms with Crippen LogP contribution < -0.4 is 14.4 Å². The number of anilines is 2. The first-order valence-electron chi connectivity index (χ1n) is 12.6. The van der Waals surface area contributed by atoms with Crippen LogP contribution in [-0.2, 0) is 27.0 Å². The summed E-state index contributed by atoms with van der Waals surface area (Å²) in [4.78, 5) is 1.23. The van der Waals surface area contributed by atoms with Crippen LogP contribution in [0.2, 0.25) is 0 Å². The molecule has 1 fully saturated rings. The van der Waals surface area contributed by atoms with Gasteiger partial charge in [-0.3, -0.25) is 0 Å². The lowest BCUT2D eigenvalue weighted by Crippen LogP contribution is -2.60. The molecule has 4 atom stereocenters. The minimum absolute atomic E-state index is 0.0637. The molecule has 7 nitrogen and oxygen atoms in total. The van der Waals surface area contributed by atoms with Crippen molar-refractivity contribution in [1.29, 1.82) is 0 Å². The molecule has 0 aromatic heterocycles. The first-order valence-corrected chi connectivity index (χ1v) is 14.1. The van der Waals surface area contributed by atoms with E-state index >= 15 is 0 Å². The van der Waals surface area contributed by atoms with Crippen LogP contribution in [0.15, 0.2) is 82.1 Å². The molecule has 44 heavy (non-hydrogen) atoms. The molecule has 0 aliphatic carbocycles. The zero-order chi connectivity index (χ0) is 32.5. The third-order valence-corrected chi connectivity index (χ3v) is 8.66. The van der Waals surface area contributed by atoms with Crippen LogP contribution in [-0.4, -0.2) is 54.1 Å². The number of hydrogen-bond donors (Lipinski definition) is 2. The number of benzene rings is 3. The summed E-state index contributed by atoms with van der Waals surface area (Å²) in [6, 6.07) is 9.12. The van der Waals surface area contributed by atoms with Gasteiger partial charge in [0, 0.05) is 18.4 Å². The van der Waals surface area contributed by atoms with Gasteiger partial charge in [-0.15, -0.1) is 13.2 Å². The van der Waals surface area contributed by atoms with Crippen molar-refractivity contribution in [3.8, 4) is 5.75 Å². The largest absolute Gasteiger partial charge is 0.573 e. The van der Waals surface area contributed by atoms with E-state index in [1.807, 2.05) is 0 Å². The standard InChI is InChI=1S/C27H24F9N3O4S/c1-37-44(41,21-12-10-20(11-13-21)43-27(34,35)36)38-22-14-42-15-23(24(22)40)39(18-6-2-16(3-7-18)25(28,29)30)19-8-4-17(5-9-19)26(31,32)33/h2-13,22-24,40H,14-15H2,1H3,(H,37,38,41). The lowest BCUT2D eigenvalue weighted by Gasteiger charge is -2.42. The van der Waals surface area contributed by atoms with Crippen LogP contribution in [0.3, 0.4) is 0 Å². The van der Waals surface area contributed by atoms with Crippen LogP contribution in [0, 0.1) is 0 Å². The van der Waals surface area contributed by atoms with Gasteiger partial charge in [-0.2, -0.15) is 26.3 Å². The third-order valence-electron chi connectivity index (χ3n) is 6.61. The predicted octanol–water partition coefficient (Wildman–Crippen LogP) is 6.55. The molecule has 1 saturated heterocycles. The van der Waals surface area contributed by atoms with Crippen molar-refractivity contribution in [2.45, 2.75) is 41.8 Å². The summed E-state index contributed by atoms with van der Waals surface area (Å²) < 4.78 is 146. The van der Waals surface area contributed by atoms with Gasteiger partial charge in [-0.05, 0) is 72.8 Å². The van der Waals surface area contributed by atoms with E-state index in [1.165, 1.54) is 11.9 Å². The second-order valence-electron chi connectivity index (χ2n) is 9.51. The third kappa shape index (κ3) is 7.75. The van der Waals surface area contributed by atoms with E-state index in [0.29, 0.717) is 0 Å². The van der Waals surface area contributed by atoms with E-state index in [-0.39, 0.29) is 29.5 Å². The van der Waals surface area contributed by atoms with Gasteiger partial charge >= 0.3 is 18.7 Å². The second kappa shape index (κ2) is 12.5. The van der Waals surface area contributed by atoms with Gasteiger partial charge in [0.2, 0.25) is 0 Å². The first-order chi connectivity index (χ1) is 20.4. The zero-order valence-electron chi connectivity index (χ0n) is 22.5. The molecular weight excluding hydrogens is 633 g/mol. The van der Waals surface area contributed by atoms with Crippen molar-refractivity contribution >= 4 is 21.3 Å². The maximum Gasteiger partial charge on any atom is 0.573 e. The number of rotatable bonds is 7. The maximum absolute atomic E-state index is 13.7. The van der Waals surface area contributed by atoms with Gasteiger partial charge in [0.15, 0.2) is 0 Å². The van der Waals surface area contributed by atoms with Gasteiger partial charge in [0.25, 0.3) is 0 Å². The molecule has 240 valence electrons. The van der Waals surface area contributed by atoms with Crippen LogP contribution in [0.4, 0.5) is 50.9 Å².